The average Bonchev–Trinajstić information content (AvgIpc) is 3.00. The van der Waals surface area contributed by atoms with E-state index in [0.29, 0.717) is 13.0 Å². The number of fused-ring (bicyclic) bond motifs is 1. The highest BCUT2D eigenvalue weighted by Gasteiger charge is 2.15. The highest BCUT2D eigenvalue weighted by molar-refractivity contribution is 5.94. The van der Waals surface area contributed by atoms with Gasteiger partial charge in [0.15, 0.2) is 0 Å². The predicted octanol–water partition coefficient (Wildman–Crippen LogP) is 3.81. The first-order valence-corrected chi connectivity index (χ1v) is 9.11. The Morgan fingerprint density at radius 3 is 2.48 bits per heavy atom. The lowest BCUT2D eigenvalue weighted by Gasteiger charge is -2.20. The SMILES string of the molecule is CC(=O)N(CCc1c[nH]c2ccccc12)CC(=O)Nc1cc(C)cc(C)c1. The van der Waals surface area contributed by atoms with E-state index < -0.39 is 0 Å². The molecular formula is C22H25N3O2. The summed E-state index contributed by atoms with van der Waals surface area (Å²) in [6, 6.07) is 14.0. The number of amides is 2. The van der Waals surface area contributed by atoms with Gasteiger partial charge in [-0.15, -0.1) is 0 Å². The van der Waals surface area contributed by atoms with Crippen molar-refractivity contribution in [2.24, 2.45) is 0 Å². The van der Waals surface area contributed by atoms with Gasteiger partial charge in [-0.3, -0.25) is 9.59 Å². The Morgan fingerprint density at radius 2 is 1.78 bits per heavy atom. The minimum atomic E-state index is -0.186. The molecule has 27 heavy (non-hydrogen) atoms. The minimum absolute atomic E-state index is 0.0463. The molecule has 0 aliphatic heterocycles. The van der Waals surface area contributed by atoms with Crippen molar-refractivity contribution in [3.8, 4) is 0 Å². The second-order valence-electron chi connectivity index (χ2n) is 6.97. The molecule has 0 saturated heterocycles. The second kappa shape index (κ2) is 8.08. The fourth-order valence-electron chi connectivity index (χ4n) is 3.36. The van der Waals surface area contributed by atoms with Crippen LogP contribution < -0.4 is 5.32 Å². The summed E-state index contributed by atoms with van der Waals surface area (Å²) < 4.78 is 0. The van der Waals surface area contributed by atoms with Gasteiger partial charge in [-0.2, -0.15) is 0 Å². The molecule has 2 amide bonds. The Labute approximate surface area is 159 Å². The molecule has 0 atom stereocenters. The fraction of sp³-hybridized carbons (Fsp3) is 0.273. The van der Waals surface area contributed by atoms with E-state index in [0.717, 1.165) is 33.3 Å². The molecule has 140 valence electrons. The molecule has 0 spiro atoms. The van der Waals surface area contributed by atoms with Crippen molar-refractivity contribution in [3.05, 3.63) is 65.4 Å². The summed E-state index contributed by atoms with van der Waals surface area (Å²) in [5, 5.41) is 4.05. The van der Waals surface area contributed by atoms with Crippen LogP contribution in [0.4, 0.5) is 5.69 Å². The number of aryl methyl sites for hydroxylation is 2. The number of aromatic nitrogens is 1. The number of rotatable bonds is 6. The minimum Gasteiger partial charge on any atom is -0.361 e. The van der Waals surface area contributed by atoms with Crippen LogP contribution >= 0.6 is 0 Å². The zero-order valence-electron chi connectivity index (χ0n) is 16.0. The van der Waals surface area contributed by atoms with Gasteiger partial charge < -0.3 is 15.2 Å². The van der Waals surface area contributed by atoms with E-state index in [1.165, 1.54) is 6.92 Å². The summed E-state index contributed by atoms with van der Waals surface area (Å²) in [5.74, 6) is -0.292. The van der Waals surface area contributed by atoms with Crippen LogP contribution in [-0.4, -0.2) is 34.8 Å². The number of anilines is 1. The summed E-state index contributed by atoms with van der Waals surface area (Å²) >= 11 is 0. The monoisotopic (exact) mass is 363 g/mol. The van der Waals surface area contributed by atoms with E-state index in [-0.39, 0.29) is 18.4 Å². The van der Waals surface area contributed by atoms with Gasteiger partial charge in [0.1, 0.15) is 0 Å². The summed E-state index contributed by atoms with van der Waals surface area (Å²) in [6.45, 7) is 6.03. The predicted molar refractivity (Wildman–Crippen MR) is 109 cm³/mol. The number of carbonyl (C=O) groups excluding carboxylic acids is 2. The van der Waals surface area contributed by atoms with Gasteiger partial charge in [0.05, 0.1) is 6.54 Å². The number of benzene rings is 2. The first-order chi connectivity index (χ1) is 12.9. The molecular weight excluding hydrogens is 338 g/mol. The third-order valence-electron chi connectivity index (χ3n) is 4.61. The lowest BCUT2D eigenvalue weighted by atomic mass is 10.1. The van der Waals surface area contributed by atoms with Gasteiger partial charge in [0, 0.05) is 36.3 Å². The molecule has 0 aliphatic carbocycles. The number of nitrogens with one attached hydrogen (secondary N) is 2. The maximum absolute atomic E-state index is 12.4. The van der Waals surface area contributed by atoms with Crippen molar-refractivity contribution < 1.29 is 9.59 Å². The van der Waals surface area contributed by atoms with Crippen LogP contribution in [0.5, 0.6) is 0 Å². The molecule has 5 nitrogen and oxygen atoms in total. The molecule has 0 bridgehead atoms. The first kappa shape index (κ1) is 18.7. The zero-order chi connectivity index (χ0) is 19.4. The molecule has 2 aromatic carbocycles. The highest BCUT2D eigenvalue weighted by atomic mass is 16.2. The topological polar surface area (TPSA) is 65.2 Å². The number of nitrogens with zero attached hydrogens (tertiary/aromatic N) is 1. The number of hydrogen-bond donors (Lipinski definition) is 2. The fourth-order valence-corrected chi connectivity index (χ4v) is 3.36. The van der Waals surface area contributed by atoms with E-state index in [2.05, 4.69) is 22.4 Å². The van der Waals surface area contributed by atoms with E-state index in [1.807, 2.05) is 50.4 Å². The Bertz CT molecular complexity index is 954. The largest absolute Gasteiger partial charge is 0.361 e. The van der Waals surface area contributed by atoms with Crippen LogP contribution in [0.3, 0.4) is 0 Å². The third-order valence-corrected chi connectivity index (χ3v) is 4.61. The summed E-state index contributed by atoms with van der Waals surface area (Å²) in [5.41, 5.74) is 5.17. The van der Waals surface area contributed by atoms with Crippen LogP contribution in [0.25, 0.3) is 10.9 Å². The van der Waals surface area contributed by atoms with Crippen molar-refractivity contribution in [2.45, 2.75) is 27.2 Å². The second-order valence-corrected chi connectivity index (χ2v) is 6.97. The number of carbonyl (C=O) groups is 2. The van der Waals surface area contributed by atoms with Gasteiger partial charge in [0.25, 0.3) is 0 Å². The normalized spacial score (nSPS) is 10.8. The van der Waals surface area contributed by atoms with E-state index in [1.54, 1.807) is 4.90 Å². The lowest BCUT2D eigenvalue weighted by molar-refractivity contribution is -0.132. The quantitative estimate of drug-likeness (QED) is 0.699. The van der Waals surface area contributed by atoms with Crippen molar-refractivity contribution >= 4 is 28.4 Å². The van der Waals surface area contributed by atoms with Crippen molar-refractivity contribution in [2.75, 3.05) is 18.4 Å². The third kappa shape index (κ3) is 4.76. The Hall–Kier alpha value is -3.08. The molecule has 0 aliphatic rings. The van der Waals surface area contributed by atoms with Crippen molar-refractivity contribution in [3.63, 3.8) is 0 Å². The first-order valence-electron chi connectivity index (χ1n) is 9.11. The van der Waals surface area contributed by atoms with Crippen molar-refractivity contribution in [1.29, 1.82) is 0 Å². The van der Waals surface area contributed by atoms with Gasteiger partial charge >= 0.3 is 0 Å². The van der Waals surface area contributed by atoms with E-state index in [9.17, 15) is 9.59 Å². The number of hydrogen-bond acceptors (Lipinski definition) is 2. The van der Waals surface area contributed by atoms with Crippen LogP contribution in [0.1, 0.15) is 23.6 Å². The molecule has 0 unspecified atom stereocenters. The van der Waals surface area contributed by atoms with Crippen LogP contribution in [0, 0.1) is 13.8 Å². The van der Waals surface area contributed by atoms with E-state index >= 15 is 0 Å². The van der Waals surface area contributed by atoms with Gasteiger partial charge in [-0.25, -0.2) is 0 Å². The van der Waals surface area contributed by atoms with Crippen LogP contribution in [-0.2, 0) is 16.0 Å². The molecule has 2 N–H and O–H groups in total. The molecule has 0 fully saturated rings. The number of para-hydroxylation sites is 1. The highest BCUT2D eigenvalue weighted by Crippen LogP contribution is 2.18. The maximum Gasteiger partial charge on any atom is 0.243 e. The molecule has 1 aromatic heterocycles. The Balaban J connectivity index is 1.63. The van der Waals surface area contributed by atoms with Crippen LogP contribution in [0.2, 0.25) is 0 Å². The summed E-state index contributed by atoms with van der Waals surface area (Å²) in [4.78, 5) is 29.2. The van der Waals surface area contributed by atoms with Crippen LogP contribution in [0.15, 0.2) is 48.7 Å². The van der Waals surface area contributed by atoms with Gasteiger partial charge in [0.2, 0.25) is 11.8 Å². The Kier molecular flexibility index (Phi) is 5.60. The molecule has 3 rings (SSSR count). The van der Waals surface area contributed by atoms with Crippen molar-refractivity contribution in [1.82, 2.24) is 9.88 Å². The molecule has 0 saturated carbocycles. The standard InChI is InChI=1S/C22H25N3O2/c1-15-10-16(2)12-19(11-15)24-22(27)14-25(17(3)26)9-8-18-13-23-21-7-5-4-6-20(18)21/h4-7,10-13,23H,8-9,14H2,1-3H3,(H,24,27). The molecule has 1 heterocycles. The van der Waals surface area contributed by atoms with Gasteiger partial charge in [-0.05, 0) is 55.2 Å². The number of H-pyrrole nitrogens is 1. The average molecular weight is 363 g/mol. The summed E-state index contributed by atoms with van der Waals surface area (Å²) in [7, 11) is 0. The number of aromatic amines is 1. The summed E-state index contributed by atoms with van der Waals surface area (Å²) in [6.07, 6.45) is 2.67. The Morgan fingerprint density at radius 1 is 1.07 bits per heavy atom. The molecule has 0 radical (unpaired) electrons. The molecule has 3 aromatic rings. The van der Waals surface area contributed by atoms with E-state index in [4.69, 9.17) is 0 Å². The molecule has 5 heteroatoms. The maximum atomic E-state index is 12.4. The smallest absolute Gasteiger partial charge is 0.243 e. The lowest BCUT2D eigenvalue weighted by Crippen LogP contribution is -2.38. The van der Waals surface area contributed by atoms with Gasteiger partial charge in [-0.1, -0.05) is 24.3 Å². The zero-order valence-corrected chi connectivity index (χ0v) is 16.0.